The van der Waals surface area contributed by atoms with Gasteiger partial charge in [0.05, 0.1) is 17.4 Å². The van der Waals surface area contributed by atoms with Crippen LogP contribution in [0.15, 0.2) is 18.2 Å². The van der Waals surface area contributed by atoms with Crippen molar-refractivity contribution in [1.29, 1.82) is 5.26 Å². The van der Waals surface area contributed by atoms with Crippen molar-refractivity contribution in [2.24, 2.45) is 5.41 Å². The smallest absolute Gasteiger partial charge is 0.101 e. The van der Waals surface area contributed by atoms with Crippen LogP contribution in [-0.2, 0) is 0 Å². The fourth-order valence-corrected chi connectivity index (χ4v) is 1.82. The van der Waals surface area contributed by atoms with Crippen molar-refractivity contribution in [2.75, 3.05) is 17.6 Å². The summed E-state index contributed by atoms with van der Waals surface area (Å²) in [4.78, 5) is 0. The van der Waals surface area contributed by atoms with E-state index in [9.17, 15) is 5.11 Å². The predicted molar refractivity (Wildman–Crippen MR) is 74.1 cm³/mol. The third-order valence-electron chi connectivity index (χ3n) is 2.54. The van der Waals surface area contributed by atoms with Gasteiger partial charge in [-0.2, -0.15) is 5.26 Å². The van der Waals surface area contributed by atoms with Gasteiger partial charge in [-0.05, 0) is 30.0 Å². The number of aliphatic hydroxyl groups excluding tert-OH is 1. The number of aliphatic hydroxyl groups is 1. The Balaban J connectivity index is 2.62. The molecule has 4 nitrogen and oxygen atoms in total. The summed E-state index contributed by atoms with van der Waals surface area (Å²) >= 11 is 0. The highest BCUT2D eigenvalue weighted by Crippen LogP contribution is 2.22. The molecule has 0 aliphatic rings. The maximum atomic E-state index is 9.89. The molecule has 0 bridgehead atoms. The Bertz CT molecular complexity index is 443. The summed E-state index contributed by atoms with van der Waals surface area (Å²) in [7, 11) is 0. The number of benzene rings is 1. The summed E-state index contributed by atoms with van der Waals surface area (Å²) < 4.78 is 0. The van der Waals surface area contributed by atoms with E-state index in [1.165, 1.54) is 0 Å². The molecule has 0 radical (unpaired) electrons. The lowest BCUT2D eigenvalue weighted by atomic mass is 9.89. The van der Waals surface area contributed by atoms with Crippen molar-refractivity contribution in [3.63, 3.8) is 0 Å². The maximum absolute atomic E-state index is 9.89. The van der Waals surface area contributed by atoms with Crippen molar-refractivity contribution in [3.8, 4) is 6.07 Å². The monoisotopic (exact) mass is 247 g/mol. The van der Waals surface area contributed by atoms with Crippen LogP contribution in [0.4, 0.5) is 11.4 Å². The van der Waals surface area contributed by atoms with Crippen molar-refractivity contribution in [3.05, 3.63) is 23.8 Å². The summed E-state index contributed by atoms with van der Waals surface area (Å²) in [6.07, 6.45) is 0.269. The van der Waals surface area contributed by atoms with Crippen LogP contribution < -0.4 is 11.1 Å². The molecule has 4 heteroatoms. The van der Waals surface area contributed by atoms with Crippen LogP contribution in [0, 0.1) is 16.7 Å². The van der Waals surface area contributed by atoms with Crippen molar-refractivity contribution in [1.82, 2.24) is 0 Å². The molecule has 0 heterocycles. The second kappa shape index (κ2) is 5.74. The van der Waals surface area contributed by atoms with E-state index in [0.29, 0.717) is 29.9 Å². The van der Waals surface area contributed by atoms with Gasteiger partial charge in [0.25, 0.3) is 0 Å². The molecule has 1 atom stereocenters. The largest absolute Gasteiger partial charge is 0.399 e. The van der Waals surface area contributed by atoms with Gasteiger partial charge in [-0.15, -0.1) is 0 Å². The van der Waals surface area contributed by atoms with Gasteiger partial charge in [0.15, 0.2) is 0 Å². The number of nitriles is 1. The van der Waals surface area contributed by atoms with Crippen molar-refractivity contribution >= 4 is 11.4 Å². The zero-order chi connectivity index (χ0) is 13.8. The molecule has 18 heavy (non-hydrogen) atoms. The van der Waals surface area contributed by atoms with Crippen molar-refractivity contribution in [2.45, 2.75) is 33.3 Å². The average molecular weight is 247 g/mol. The van der Waals surface area contributed by atoms with Crippen LogP contribution in [0.5, 0.6) is 0 Å². The van der Waals surface area contributed by atoms with Crippen molar-refractivity contribution < 1.29 is 5.11 Å². The first kappa shape index (κ1) is 14.3. The quantitative estimate of drug-likeness (QED) is 0.713. The number of nitrogens with two attached hydrogens (primary N) is 1. The van der Waals surface area contributed by atoms with E-state index in [2.05, 4.69) is 32.2 Å². The molecule has 0 aliphatic heterocycles. The van der Waals surface area contributed by atoms with Crippen LogP contribution in [0.2, 0.25) is 0 Å². The van der Waals surface area contributed by atoms with Crippen LogP contribution in [0.1, 0.15) is 32.8 Å². The fraction of sp³-hybridized carbons (Fsp3) is 0.500. The zero-order valence-corrected chi connectivity index (χ0v) is 11.2. The average Bonchev–Trinajstić information content (AvgIpc) is 2.24. The fourth-order valence-electron chi connectivity index (χ4n) is 1.82. The zero-order valence-electron chi connectivity index (χ0n) is 11.2. The van der Waals surface area contributed by atoms with E-state index in [4.69, 9.17) is 11.0 Å². The van der Waals surface area contributed by atoms with Gasteiger partial charge in [-0.3, -0.25) is 0 Å². The van der Waals surface area contributed by atoms with Gasteiger partial charge >= 0.3 is 0 Å². The highest BCUT2D eigenvalue weighted by molar-refractivity contribution is 5.62. The van der Waals surface area contributed by atoms with E-state index < -0.39 is 6.10 Å². The van der Waals surface area contributed by atoms with E-state index >= 15 is 0 Å². The Labute approximate surface area is 108 Å². The van der Waals surface area contributed by atoms with Gasteiger partial charge in [-0.1, -0.05) is 20.8 Å². The second-order valence-electron chi connectivity index (χ2n) is 5.72. The number of nitrogens with one attached hydrogen (secondary N) is 1. The molecule has 0 saturated carbocycles. The summed E-state index contributed by atoms with van der Waals surface area (Å²) in [6.45, 7) is 6.68. The molecule has 0 fully saturated rings. The molecule has 4 N–H and O–H groups in total. The number of rotatable bonds is 4. The summed E-state index contributed by atoms with van der Waals surface area (Å²) in [5, 5.41) is 22.0. The molecular formula is C14H21N3O. The lowest BCUT2D eigenvalue weighted by Crippen LogP contribution is -2.25. The number of nitrogen functional groups attached to an aromatic ring is 1. The maximum Gasteiger partial charge on any atom is 0.101 e. The minimum absolute atomic E-state index is 0.0836. The molecular weight excluding hydrogens is 226 g/mol. The van der Waals surface area contributed by atoms with Crippen LogP contribution in [-0.4, -0.2) is 17.8 Å². The Morgan fingerprint density at radius 1 is 1.44 bits per heavy atom. The van der Waals surface area contributed by atoms with E-state index in [0.717, 1.165) is 0 Å². The third-order valence-corrected chi connectivity index (χ3v) is 2.54. The first-order valence-electron chi connectivity index (χ1n) is 6.03. The molecule has 1 aromatic carbocycles. The Hall–Kier alpha value is -1.73. The summed E-state index contributed by atoms with van der Waals surface area (Å²) in [5.41, 5.74) is 7.47. The SMILES string of the molecule is CC(C)(C)CC(O)CNc1ccc(N)cc1C#N. The minimum Gasteiger partial charge on any atom is -0.399 e. The predicted octanol–water partition coefficient (Wildman–Crippen LogP) is 2.35. The van der Waals surface area contributed by atoms with Crippen LogP contribution in [0.25, 0.3) is 0 Å². The van der Waals surface area contributed by atoms with Crippen LogP contribution in [0.3, 0.4) is 0 Å². The van der Waals surface area contributed by atoms with Gasteiger partial charge in [0.1, 0.15) is 6.07 Å². The number of hydrogen-bond acceptors (Lipinski definition) is 4. The lowest BCUT2D eigenvalue weighted by Gasteiger charge is -2.23. The minimum atomic E-state index is -0.436. The summed E-state index contributed by atoms with van der Waals surface area (Å²) in [6, 6.07) is 7.20. The van der Waals surface area contributed by atoms with E-state index in [1.54, 1.807) is 18.2 Å². The Morgan fingerprint density at radius 2 is 2.11 bits per heavy atom. The molecule has 98 valence electrons. The molecule has 1 unspecified atom stereocenters. The first-order valence-corrected chi connectivity index (χ1v) is 6.03. The van der Waals surface area contributed by atoms with E-state index in [1.807, 2.05) is 0 Å². The number of hydrogen-bond donors (Lipinski definition) is 3. The Morgan fingerprint density at radius 3 is 2.67 bits per heavy atom. The molecule has 0 saturated heterocycles. The lowest BCUT2D eigenvalue weighted by molar-refractivity contribution is 0.132. The van der Waals surface area contributed by atoms with E-state index in [-0.39, 0.29) is 5.41 Å². The molecule has 0 aliphatic carbocycles. The number of nitrogens with zero attached hydrogens (tertiary/aromatic N) is 1. The highest BCUT2D eigenvalue weighted by atomic mass is 16.3. The second-order valence-corrected chi connectivity index (χ2v) is 5.72. The normalized spacial score (nSPS) is 12.8. The highest BCUT2D eigenvalue weighted by Gasteiger charge is 2.16. The molecule has 0 amide bonds. The van der Waals surface area contributed by atoms with Crippen LogP contribution >= 0.6 is 0 Å². The molecule has 0 spiro atoms. The topological polar surface area (TPSA) is 82.1 Å². The van der Waals surface area contributed by atoms with Gasteiger partial charge < -0.3 is 16.2 Å². The summed E-state index contributed by atoms with van der Waals surface area (Å²) in [5.74, 6) is 0. The Kier molecular flexibility index (Phi) is 4.57. The number of anilines is 2. The standard InChI is InChI=1S/C14H21N3O/c1-14(2,3)7-12(18)9-17-13-5-4-11(16)6-10(13)8-15/h4-6,12,17-18H,7,9,16H2,1-3H3. The third kappa shape index (κ3) is 4.64. The first-order chi connectivity index (χ1) is 8.31. The molecule has 1 rings (SSSR count). The molecule has 1 aromatic rings. The van der Waals surface area contributed by atoms with Gasteiger partial charge in [0, 0.05) is 12.2 Å². The van der Waals surface area contributed by atoms with Gasteiger partial charge in [0.2, 0.25) is 0 Å². The molecule has 0 aromatic heterocycles. The van der Waals surface area contributed by atoms with Gasteiger partial charge in [-0.25, -0.2) is 0 Å².